The van der Waals surface area contributed by atoms with Crippen LogP contribution in [-0.4, -0.2) is 27.0 Å². The largest absolute Gasteiger partial charge is 0.109 e. The van der Waals surface area contributed by atoms with Gasteiger partial charge in [0.25, 0.3) is 0 Å². The Bertz CT molecular complexity index is 409. The summed E-state index contributed by atoms with van der Waals surface area (Å²) in [6.45, 7) is 2.52. The molecule has 174 valence electrons. The van der Waals surface area contributed by atoms with Gasteiger partial charge in [-0.25, -0.2) is 0 Å². The van der Waals surface area contributed by atoms with Crippen molar-refractivity contribution >= 4 is 27.4 Å². The minimum absolute atomic E-state index is 0.0373. The third-order valence-electron chi connectivity index (χ3n) is 9.11. The summed E-state index contributed by atoms with van der Waals surface area (Å²) in [6, 6.07) is 0. The van der Waals surface area contributed by atoms with Crippen LogP contribution in [0.5, 0.6) is 0 Å². The molecule has 30 heavy (non-hydrogen) atoms. The number of alkyl halides is 1. The third-order valence-corrected chi connectivity index (χ3v) is 19.4. The van der Waals surface area contributed by atoms with Crippen molar-refractivity contribution in [2.24, 2.45) is 0 Å². The minimum Gasteiger partial charge on any atom is -0.109 e. The Morgan fingerprint density at radius 2 is 0.733 bits per heavy atom. The molecule has 4 rings (SSSR count). The Labute approximate surface area is 196 Å². The highest BCUT2D eigenvalue weighted by atomic mass is 35.5. The molecule has 4 saturated carbocycles. The lowest BCUT2D eigenvalue weighted by molar-refractivity contribution is 0.474. The zero-order valence-corrected chi connectivity index (χ0v) is 22.5. The lowest BCUT2D eigenvalue weighted by Crippen LogP contribution is -2.37. The fourth-order valence-corrected chi connectivity index (χ4v) is 20.2. The molecule has 0 saturated heterocycles. The van der Waals surface area contributed by atoms with Crippen LogP contribution >= 0.6 is 27.4 Å². The van der Waals surface area contributed by atoms with Crippen LogP contribution < -0.4 is 0 Å². The molecule has 0 aromatic carbocycles. The summed E-state index contributed by atoms with van der Waals surface area (Å²) >= 11 is 8.25. The van der Waals surface area contributed by atoms with E-state index >= 15 is 0 Å². The second-order valence-electron chi connectivity index (χ2n) is 11.1. The second kappa shape index (κ2) is 12.0. The molecule has 0 unspecified atom stereocenters. The number of hydrogen-bond acceptors (Lipinski definition) is 0. The predicted molar refractivity (Wildman–Crippen MR) is 140 cm³/mol. The van der Waals surface area contributed by atoms with E-state index in [0.717, 1.165) is 22.6 Å². The molecule has 0 atom stereocenters. The predicted octanol–water partition coefficient (Wildman–Crippen LogP) is 10.6. The van der Waals surface area contributed by atoms with Crippen molar-refractivity contribution in [3.8, 4) is 0 Å². The van der Waals surface area contributed by atoms with Gasteiger partial charge in [0.1, 0.15) is 0 Å². The molecular weight excluding hydrogens is 422 g/mol. The van der Waals surface area contributed by atoms with E-state index in [0.29, 0.717) is 0 Å². The zero-order valence-electron chi connectivity index (χ0n) is 19.9. The van der Waals surface area contributed by atoms with Crippen LogP contribution in [0.2, 0.25) is 0 Å². The Morgan fingerprint density at radius 3 is 0.933 bits per heavy atom. The minimum atomic E-state index is -0.0373. The molecule has 0 aromatic heterocycles. The maximum Gasteiger partial charge on any atom is 0.0837 e. The summed E-state index contributed by atoms with van der Waals surface area (Å²) in [5.41, 5.74) is 4.02. The van der Waals surface area contributed by atoms with E-state index in [9.17, 15) is 0 Å². The van der Waals surface area contributed by atoms with Gasteiger partial charge in [-0.05, 0) is 80.4 Å². The van der Waals surface area contributed by atoms with Gasteiger partial charge in [0, 0.05) is 0 Å². The molecular formula is C27H49ClP2. The molecule has 0 aromatic rings. The monoisotopic (exact) mass is 470 g/mol. The molecule has 0 bridgehead atoms. The van der Waals surface area contributed by atoms with Crippen LogP contribution in [0.1, 0.15) is 142 Å². The van der Waals surface area contributed by atoms with Crippen LogP contribution in [-0.2, 0) is 0 Å². The van der Waals surface area contributed by atoms with Crippen LogP contribution in [0.25, 0.3) is 0 Å². The van der Waals surface area contributed by atoms with Gasteiger partial charge in [-0.15, -0.1) is 11.6 Å². The van der Waals surface area contributed by atoms with Gasteiger partial charge < -0.3 is 0 Å². The van der Waals surface area contributed by atoms with Gasteiger partial charge >= 0.3 is 0 Å². The molecule has 0 spiro atoms. The van der Waals surface area contributed by atoms with E-state index in [1.807, 2.05) is 0 Å². The SMILES string of the molecule is CCC(Cl)(P(C1CCCCC1)C1CCCCC1)P(C1CCCCC1)C1CCCCC1. The van der Waals surface area contributed by atoms with E-state index in [4.69, 9.17) is 11.6 Å². The molecule has 0 amide bonds. The molecule has 0 nitrogen and oxygen atoms in total. The van der Waals surface area contributed by atoms with E-state index in [-0.39, 0.29) is 20.2 Å². The van der Waals surface area contributed by atoms with Crippen LogP contribution in [0, 0.1) is 0 Å². The Balaban J connectivity index is 1.67. The van der Waals surface area contributed by atoms with Gasteiger partial charge in [-0.2, -0.15) is 0 Å². The molecule has 0 heterocycles. The Morgan fingerprint density at radius 1 is 0.500 bits per heavy atom. The summed E-state index contributed by atoms with van der Waals surface area (Å²) in [7, 11) is -0.0746. The smallest absolute Gasteiger partial charge is 0.0837 e. The van der Waals surface area contributed by atoms with Crippen molar-refractivity contribution in [3.05, 3.63) is 0 Å². The normalized spacial score (nSPS) is 27.2. The fourth-order valence-electron chi connectivity index (χ4n) is 7.65. The molecule has 4 fully saturated rings. The van der Waals surface area contributed by atoms with Crippen molar-refractivity contribution in [2.75, 3.05) is 0 Å². The molecule has 4 aliphatic carbocycles. The lowest BCUT2D eigenvalue weighted by Gasteiger charge is -2.55. The van der Waals surface area contributed by atoms with Crippen molar-refractivity contribution in [2.45, 2.75) is 169 Å². The maximum absolute atomic E-state index is 8.25. The van der Waals surface area contributed by atoms with Crippen LogP contribution in [0.4, 0.5) is 0 Å². The average molecular weight is 471 g/mol. The van der Waals surface area contributed by atoms with Gasteiger partial charge in [0.05, 0.1) is 4.36 Å². The molecule has 3 heteroatoms. The summed E-state index contributed by atoms with van der Waals surface area (Å²) in [5.74, 6) is 0. The summed E-state index contributed by atoms with van der Waals surface area (Å²) in [5, 5.41) is 0. The highest BCUT2D eigenvalue weighted by Crippen LogP contribution is 2.81. The topological polar surface area (TPSA) is 0 Å². The number of hydrogen-bond donors (Lipinski definition) is 0. The van der Waals surface area contributed by atoms with E-state index in [2.05, 4.69) is 6.92 Å². The van der Waals surface area contributed by atoms with Gasteiger partial charge in [0.2, 0.25) is 0 Å². The summed E-state index contributed by atoms with van der Waals surface area (Å²) in [6.07, 6.45) is 31.4. The van der Waals surface area contributed by atoms with Crippen LogP contribution in [0.15, 0.2) is 0 Å². The Kier molecular flexibility index (Phi) is 9.74. The van der Waals surface area contributed by atoms with E-state index < -0.39 is 0 Å². The maximum atomic E-state index is 8.25. The third kappa shape index (κ3) is 5.61. The average Bonchev–Trinajstić information content (AvgIpc) is 2.82. The number of halogens is 1. The van der Waals surface area contributed by atoms with Gasteiger partial charge in [-0.1, -0.05) is 99.8 Å². The van der Waals surface area contributed by atoms with Crippen molar-refractivity contribution in [1.29, 1.82) is 0 Å². The highest BCUT2D eigenvalue weighted by Gasteiger charge is 2.52. The first kappa shape index (κ1) is 24.3. The molecule has 0 aliphatic heterocycles. The quantitative estimate of drug-likeness (QED) is 0.256. The molecule has 0 radical (unpaired) electrons. The first-order valence-corrected chi connectivity index (χ1v) is 17.3. The Hall–Kier alpha value is 1.15. The van der Waals surface area contributed by atoms with E-state index in [1.54, 1.807) is 0 Å². The fraction of sp³-hybridized carbons (Fsp3) is 1.00. The van der Waals surface area contributed by atoms with Crippen molar-refractivity contribution in [1.82, 2.24) is 0 Å². The van der Waals surface area contributed by atoms with Gasteiger partial charge in [-0.3, -0.25) is 0 Å². The second-order valence-corrected chi connectivity index (χ2v) is 18.7. The molecule has 0 N–H and O–H groups in total. The van der Waals surface area contributed by atoms with Crippen LogP contribution in [0.3, 0.4) is 0 Å². The highest BCUT2D eigenvalue weighted by molar-refractivity contribution is 7.81. The first-order valence-electron chi connectivity index (χ1n) is 14.0. The van der Waals surface area contributed by atoms with Gasteiger partial charge in [0.15, 0.2) is 0 Å². The number of rotatable bonds is 7. The summed E-state index contributed by atoms with van der Waals surface area (Å²) in [4.78, 5) is 0. The zero-order chi connectivity index (χ0) is 20.8. The van der Waals surface area contributed by atoms with Crippen molar-refractivity contribution < 1.29 is 0 Å². The first-order chi connectivity index (χ1) is 14.7. The standard InChI is InChI=1S/C27H49ClP2/c1-2-27(28,29(23-15-7-3-8-16-23)24-17-9-4-10-18-24)30(25-19-11-5-12-20-25)26-21-13-6-14-22-26/h23-26H,2-22H2,1H3. The summed E-state index contributed by atoms with van der Waals surface area (Å²) < 4.78 is 0.207. The lowest BCUT2D eigenvalue weighted by atomic mass is 9.99. The molecule has 4 aliphatic rings. The van der Waals surface area contributed by atoms with E-state index in [1.165, 1.54) is 135 Å². The van der Waals surface area contributed by atoms with Crippen molar-refractivity contribution in [3.63, 3.8) is 0 Å².